The number of likely N-dealkylation sites (tertiary alicyclic amines) is 1. The molecule has 0 aliphatic carbocycles. The van der Waals surface area contributed by atoms with Crippen molar-refractivity contribution in [2.45, 2.75) is 102 Å². The minimum Gasteiger partial charge on any atom is -0.394 e. The summed E-state index contributed by atoms with van der Waals surface area (Å²) in [5.74, 6) is -2.23. The minimum atomic E-state index is -1.18. The smallest absolute Gasteiger partial charge is 0.249 e. The molecule has 0 saturated carbocycles. The standard InChI is InChI=1S/C36H53N3O5/c1-10-20-37(9)30(41)27-28-31(42)39(26(23-40)22-25-16-14-13-15-17-25)29(36(28)19-18-35(27,12-3)44-36)32(43)38(21-11-2)34(7,8)24-33(4,5)6/h10-11,13-17,26-29,40H,1-2,12,18-24H2,3-9H3/t26-,27-,28+,29?,35+,36?/m1/s1. The molecule has 1 N–H and O–H groups in total. The minimum absolute atomic E-state index is 0.0714. The van der Waals surface area contributed by atoms with Gasteiger partial charge in [-0.2, -0.15) is 0 Å². The first-order chi connectivity index (χ1) is 20.6. The van der Waals surface area contributed by atoms with Gasteiger partial charge in [-0.15, -0.1) is 13.2 Å². The average Bonchev–Trinajstić information content (AvgIpc) is 3.57. The van der Waals surface area contributed by atoms with Gasteiger partial charge in [0.25, 0.3) is 0 Å². The van der Waals surface area contributed by atoms with Crippen LogP contribution in [0, 0.1) is 17.3 Å². The van der Waals surface area contributed by atoms with Crippen LogP contribution in [0.4, 0.5) is 0 Å². The largest absolute Gasteiger partial charge is 0.394 e. The lowest BCUT2D eigenvalue weighted by Crippen LogP contribution is -2.62. The number of fused-ring (bicyclic) bond motifs is 1. The van der Waals surface area contributed by atoms with Crippen molar-refractivity contribution < 1.29 is 24.2 Å². The van der Waals surface area contributed by atoms with Gasteiger partial charge in [0.2, 0.25) is 17.7 Å². The third kappa shape index (κ3) is 5.76. The summed E-state index contributed by atoms with van der Waals surface area (Å²) in [5, 5.41) is 10.8. The maximum absolute atomic E-state index is 15.1. The Balaban J connectivity index is 1.89. The Hall–Kier alpha value is -2.97. The van der Waals surface area contributed by atoms with Crippen LogP contribution in [-0.4, -0.2) is 93.1 Å². The van der Waals surface area contributed by atoms with Crippen LogP contribution in [0.5, 0.6) is 0 Å². The summed E-state index contributed by atoms with van der Waals surface area (Å²) in [6, 6.07) is 8.03. The normalized spacial score (nSPS) is 28.5. The fourth-order valence-electron chi connectivity index (χ4n) is 8.67. The van der Waals surface area contributed by atoms with E-state index in [2.05, 4.69) is 47.8 Å². The lowest BCUT2D eigenvalue weighted by Gasteiger charge is -2.46. The van der Waals surface area contributed by atoms with Crippen LogP contribution in [0.1, 0.15) is 72.8 Å². The summed E-state index contributed by atoms with van der Waals surface area (Å²) < 4.78 is 7.01. The van der Waals surface area contributed by atoms with Crippen molar-refractivity contribution in [3.63, 3.8) is 0 Å². The molecule has 2 unspecified atom stereocenters. The van der Waals surface area contributed by atoms with E-state index in [-0.39, 0.29) is 29.7 Å². The Morgan fingerprint density at radius 1 is 1.09 bits per heavy atom. The molecule has 3 amide bonds. The van der Waals surface area contributed by atoms with Gasteiger partial charge in [-0.05, 0) is 56.9 Å². The number of aliphatic hydroxyl groups excluding tert-OH is 1. The van der Waals surface area contributed by atoms with Gasteiger partial charge in [-0.3, -0.25) is 14.4 Å². The first-order valence-electron chi connectivity index (χ1n) is 16.1. The summed E-state index contributed by atoms with van der Waals surface area (Å²) in [4.78, 5) is 49.1. The van der Waals surface area contributed by atoms with Gasteiger partial charge in [-0.1, -0.05) is 70.2 Å². The molecule has 3 aliphatic rings. The predicted octanol–water partition coefficient (Wildman–Crippen LogP) is 4.62. The quantitative estimate of drug-likeness (QED) is 0.331. The van der Waals surface area contributed by atoms with Gasteiger partial charge in [0.05, 0.1) is 30.1 Å². The zero-order valence-corrected chi connectivity index (χ0v) is 27.8. The first kappa shape index (κ1) is 33.9. The number of carbonyl (C=O) groups excluding carboxylic acids is 3. The van der Waals surface area contributed by atoms with E-state index in [0.717, 1.165) is 12.0 Å². The first-order valence-corrected chi connectivity index (χ1v) is 16.1. The molecule has 3 fully saturated rings. The van der Waals surface area contributed by atoms with E-state index in [4.69, 9.17) is 4.74 Å². The van der Waals surface area contributed by atoms with Crippen molar-refractivity contribution in [2.24, 2.45) is 17.3 Å². The van der Waals surface area contributed by atoms with Gasteiger partial charge in [0, 0.05) is 25.7 Å². The lowest BCUT2D eigenvalue weighted by molar-refractivity contribution is -0.161. The topological polar surface area (TPSA) is 90.4 Å². The highest BCUT2D eigenvalue weighted by Gasteiger charge is 2.79. The second-order valence-corrected chi connectivity index (χ2v) is 14.9. The molecule has 44 heavy (non-hydrogen) atoms. The number of hydrogen-bond donors (Lipinski definition) is 1. The van der Waals surface area contributed by atoms with Crippen molar-refractivity contribution in [3.8, 4) is 0 Å². The molecule has 3 heterocycles. The van der Waals surface area contributed by atoms with Crippen molar-refractivity contribution in [1.29, 1.82) is 0 Å². The second kappa shape index (κ2) is 12.4. The molecule has 0 radical (unpaired) electrons. The lowest BCUT2D eigenvalue weighted by atomic mass is 9.64. The van der Waals surface area contributed by atoms with Crippen molar-refractivity contribution in [1.82, 2.24) is 14.7 Å². The molecule has 6 atom stereocenters. The van der Waals surface area contributed by atoms with Gasteiger partial charge in [0.1, 0.15) is 11.6 Å². The fraction of sp³-hybridized carbons (Fsp3) is 0.639. The van der Waals surface area contributed by atoms with E-state index >= 15 is 4.79 Å². The van der Waals surface area contributed by atoms with Gasteiger partial charge in [0.15, 0.2) is 0 Å². The molecule has 1 spiro atoms. The molecule has 0 aromatic heterocycles. The number of amides is 3. The zero-order chi connectivity index (χ0) is 32.7. The Bertz CT molecular complexity index is 1260. The molecule has 1 aromatic carbocycles. The molecule has 2 bridgehead atoms. The number of aliphatic hydroxyl groups is 1. The Kier molecular flexibility index (Phi) is 9.58. The Morgan fingerprint density at radius 3 is 2.27 bits per heavy atom. The van der Waals surface area contributed by atoms with E-state index in [0.29, 0.717) is 38.8 Å². The number of nitrogens with zero attached hydrogens (tertiary/aromatic N) is 3. The van der Waals surface area contributed by atoms with Gasteiger partial charge in [-0.25, -0.2) is 0 Å². The molecule has 4 rings (SSSR count). The zero-order valence-electron chi connectivity index (χ0n) is 27.8. The summed E-state index contributed by atoms with van der Waals surface area (Å²) >= 11 is 0. The molecule has 8 heteroatoms. The third-order valence-electron chi connectivity index (χ3n) is 10.1. The van der Waals surface area contributed by atoms with Crippen LogP contribution in [0.3, 0.4) is 0 Å². The van der Waals surface area contributed by atoms with Gasteiger partial charge >= 0.3 is 0 Å². The fourth-order valence-corrected chi connectivity index (χ4v) is 8.67. The number of hydrogen-bond acceptors (Lipinski definition) is 5. The number of likely N-dealkylation sites (N-methyl/N-ethyl adjacent to an activating group) is 1. The van der Waals surface area contributed by atoms with Crippen LogP contribution in [-0.2, 0) is 25.5 Å². The highest BCUT2D eigenvalue weighted by atomic mass is 16.5. The highest BCUT2D eigenvalue weighted by Crippen LogP contribution is 2.65. The van der Waals surface area contributed by atoms with Crippen molar-refractivity contribution in [2.75, 3.05) is 26.7 Å². The molecule has 1 aromatic rings. The van der Waals surface area contributed by atoms with Crippen LogP contribution in [0.2, 0.25) is 0 Å². The Morgan fingerprint density at radius 2 is 1.73 bits per heavy atom. The van der Waals surface area contributed by atoms with Crippen LogP contribution >= 0.6 is 0 Å². The summed E-state index contributed by atoms with van der Waals surface area (Å²) in [7, 11) is 1.72. The summed E-state index contributed by atoms with van der Waals surface area (Å²) in [5.41, 5.74) is -1.71. The molecule has 8 nitrogen and oxygen atoms in total. The number of carbonyl (C=O) groups is 3. The number of rotatable bonds is 13. The Labute approximate surface area is 264 Å². The van der Waals surface area contributed by atoms with E-state index in [9.17, 15) is 14.7 Å². The molecule has 3 aliphatic heterocycles. The van der Waals surface area contributed by atoms with E-state index in [1.54, 1.807) is 29.0 Å². The molecular formula is C36H53N3O5. The van der Waals surface area contributed by atoms with E-state index < -0.39 is 40.7 Å². The SMILES string of the molecule is C=CCN(C)C(=O)[C@H]1[C@H]2C(=O)N([C@@H](CO)Cc3ccccc3)C(C(=O)N(CC=C)C(C)(C)CC(C)(C)C)C23CC[C@]1(CC)O3. The van der Waals surface area contributed by atoms with Crippen LogP contribution in [0.15, 0.2) is 55.6 Å². The molecule has 242 valence electrons. The maximum atomic E-state index is 15.1. The van der Waals surface area contributed by atoms with E-state index in [1.165, 1.54) is 0 Å². The van der Waals surface area contributed by atoms with Crippen molar-refractivity contribution in [3.05, 3.63) is 61.2 Å². The average molecular weight is 608 g/mol. The monoisotopic (exact) mass is 607 g/mol. The maximum Gasteiger partial charge on any atom is 0.249 e. The molecule has 3 saturated heterocycles. The summed E-state index contributed by atoms with van der Waals surface area (Å²) in [6.07, 6.45) is 6.11. The van der Waals surface area contributed by atoms with Gasteiger partial charge < -0.3 is 24.5 Å². The second-order valence-electron chi connectivity index (χ2n) is 14.9. The summed E-state index contributed by atoms with van der Waals surface area (Å²) in [6.45, 7) is 20.6. The number of ether oxygens (including phenoxy) is 1. The van der Waals surface area contributed by atoms with Crippen LogP contribution < -0.4 is 0 Å². The third-order valence-corrected chi connectivity index (χ3v) is 10.1. The van der Waals surface area contributed by atoms with Crippen molar-refractivity contribution >= 4 is 17.7 Å². The molecular weight excluding hydrogens is 554 g/mol. The highest BCUT2D eigenvalue weighted by molar-refractivity contribution is 5.99. The predicted molar refractivity (Wildman–Crippen MR) is 173 cm³/mol. The van der Waals surface area contributed by atoms with Crippen LogP contribution in [0.25, 0.3) is 0 Å². The van der Waals surface area contributed by atoms with E-state index in [1.807, 2.05) is 42.2 Å². The number of benzene rings is 1.